The molecule has 5 nitrogen and oxygen atoms in total. The Morgan fingerprint density at radius 3 is 2.24 bits per heavy atom. The summed E-state index contributed by atoms with van der Waals surface area (Å²) in [5, 5.41) is 9.14. The highest BCUT2D eigenvalue weighted by molar-refractivity contribution is 5.60. The third-order valence-corrected chi connectivity index (χ3v) is 2.25. The van der Waals surface area contributed by atoms with Crippen LogP contribution in [-0.2, 0) is 0 Å². The lowest BCUT2D eigenvalue weighted by Crippen LogP contribution is -2.03. The third-order valence-electron chi connectivity index (χ3n) is 2.25. The van der Waals surface area contributed by atoms with Crippen LogP contribution in [0.15, 0.2) is 36.4 Å². The summed E-state index contributed by atoms with van der Waals surface area (Å²) >= 11 is 0. The number of benzene rings is 1. The van der Waals surface area contributed by atoms with Crippen LogP contribution in [0.25, 0.3) is 0 Å². The second-order valence-electron chi connectivity index (χ2n) is 3.45. The molecule has 88 valence electrons. The third kappa shape index (κ3) is 2.84. The molecule has 0 spiro atoms. The van der Waals surface area contributed by atoms with E-state index in [4.69, 9.17) is 0 Å². The molecule has 17 heavy (non-hydrogen) atoms. The number of nitrogens with zero attached hydrogens (tertiary/aromatic N) is 2. The van der Waals surface area contributed by atoms with Crippen molar-refractivity contribution in [2.75, 3.05) is 30.0 Å². The Morgan fingerprint density at radius 1 is 0.882 bits per heavy atom. The first-order chi connectivity index (χ1) is 8.31. The normalized spacial score (nSPS) is 9.76. The number of anilines is 4. The number of aromatic nitrogens is 2. The maximum absolute atomic E-state index is 4.32. The molecule has 0 atom stereocenters. The van der Waals surface area contributed by atoms with Crippen LogP contribution < -0.4 is 16.0 Å². The van der Waals surface area contributed by atoms with Crippen LogP contribution in [0.1, 0.15) is 0 Å². The summed E-state index contributed by atoms with van der Waals surface area (Å²) in [5.41, 5.74) is 0.996. The van der Waals surface area contributed by atoms with Crippen LogP contribution >= 0.6 is 0 Å². The van der Waals surface area contributed by atoms with E-state index in [0.29, 0.717) is 5.95 Å². The fourth-order valence-corrected chi connectivity index (χ4v) is 1.42. The van der Waals surface area contributed by atoms with Gasteiger partial charge in [0.1, 0.15) is 11.6 Å². The van der Waals surface area contributed by atoms with Crippen molar-refractivity contribution in [1.29, 1.82) is 0 Å². The van der Waals surface area contributed by atoms with Crippen molar-refractivity contribution in [3.63, 3.8) is 0 Å². The van der Waals surface area contributed by atoms with Crippen molar-refractivity contribution in [3.05, 3.63) is 36.4 Å². The monoisotopic (exact) mass is 229 g/mol. The molecule has 0 unspecified atom stereocenters. The molecule has 1 aromatic heterocycles. The fourth-order valence-electron chi connectivity index (χ4n) is 1.42. The first-order valence-electron chi connectivity index (χ1n) is 5.38. The van der Waals surface area contributed by atoms with Gasteiger partial charge < -0.3 is 16.0 Å². The van der Waals surface area contributed by atoms with E-state index in [2.05, 4.69) is 25.9 Å². The van der Waals surface area contributed by atoms with Gasteiger partial charge in [-0.3, -0.25) is 0 Å². The van der Waals surface area contributed by atoms with E-state index >= 15 is 0 Å². The van der Waals surface area contributed by atoms with E-state index in [1.54, 1.807) is 7.05 Å². The zero-order chi connectivity index (χ0) is 12.1. The predicted molar refractivity (Wildman–Crippen MR) is 70.9 cm³/mol. The smallest absolute Gasteiger partial charge is 0.226 e. The van der Waals surface area contributed by atoms with Crippen molar-refractivity contribution in [3.8, 4) is 0 Å². The van der Waals surface area contributed by atoms with Gasteiger partial charge in [-0.2, -0.15) is 9.97 Å². The van der Waals surface area contributed by atoms with Gasteiger partial charge in [0.15, 0.2) is 0 Å². The Hall–Kier alpha value is -2.30. The lowest BCUT2D eigenvalue weighted by Gasteiger charge is -2.09. The zero-order valence-electron chi connectivity index (χ0n) is 9.86. The van der Waals surface area contributed by atoms with Gasteiger partial charge in [-0.1, -0.05) is 18.2 Å². The van der Waals surface area contributed by atoms with Crippen molar-refractivity contribution in [2.24, 2.45) is 0 Å². The van der Waals surface area contributed by atoms with Crippen molar-refractivity contribution < 1.29 is 0 Å². The average molecular weight is 229 g/mol. The first kappa shape index (κ1) is 11.2. The van der Waals surface area contributed by atoms with Gasteiger partial charge in [0.2, 0.25) is 5.95 Å². The maximum Gasteiger partial charge on any atom is 0.226 e. The van der Waals surface area contributed by atoms with Gasteiger partial charge in [-0.25, -0.2) is 0 Å². The molecule has 2 rings (SSSR count). The molecule has 0 bridgehead atoms. The summed E-state index contributed by atoms with van der Waals surface area (Å²) in [6.07, 6.45) is 0. The summed E-state index contributed by atoms with van der Waals surface area (Å²) in [6, 6.07) is 11.8. The topological polar surface area (TPSA) is 61.9 Å². The quantitative estimate of drug-likeness (QED) is 0.751. The molecule has 0 radical (unpaired) electrons. The van der Waals surface area contributed by atoms with Crippen LogP contribution in [-0.4, -0.2) is 24.1 Å². The summed E-state index contributed by atoms with van der Waals surface area (Å²) in [5.74, 6) is 2.10. The molecule has 0 amide bonds. The minimum atomic E-state index is 0.579. The molecule has 1 heterocycles. The van der Waals surface area contributed by atoms with Crippen LogP contribution in [0.3, 0.4) is 0 Å². The standard InChI is InChI=1S/C12H15N5/c1-13-10-8-11(17-12(14-2)16-10)15-9-6-4-3-5-7-9/h3-8H,1-2H3,(H3,13,14,15,16,17). The van der Waals surface area contributed by atoms with E-state index in [9.17, 15) is 0 Å². The fraction of sp³-hybridized carbons (Fsp3) is 0.167. The van der Waals surface area contributed by atoms with Crippen molar-refractivity contribution in [2.45, 2.75) is 0 Å². The number of para-hydroxylation sites is 1. The van der Waals surface area contributed by atoms with Gasteiger partial charge in [-0.15, -0.1) is 0 Å². The molecule has 0 saturated carbocycles. The maximum atomic E-state index is 4.32. The second kappa shape index (κ2) is 5.16. The summed E-state index contributed by atoms with van der Waals surface area (Å²) in [7, 11) is 3.62. The Balaban J connectivity index is 2.26. The van der Waals surface area contributed by atoms with E-state index in [1.165, 1.54) is 0 Å². The minimum Gasteiger partial charge on any atom is -0.373 e. The van der Waals surface area contributed by atoms with Gasteiger partial charge >= 0.3 is 0 Å². The molecule has 0 aliphatic heterocycles. The summed E-state index contributed by atoms with van der Waals surface area (Å²) in [6.45, 7) is 0. The van der Waals surface area contributed by atoms with Crippen molar-refractivity contribution in [1.82, 2.24) is 9.97 Å². The average Bonchev–Trinajstić information content (AvgIpc) is 2.39. The van der Waals surface area contributed by atoms with Gasteiger partial charge in [0.25, 0.3) is 0 Å². The zero-order valence-corrected chi connectivity index (χ0v) is 9.86. The first-order valence-corrected chi connectivity index (χ1v) is 5.38. The van der Waals surface area contributed by atoms with Crippen LogP contribution in [0, 0.1) is 0 Å². The lowest BCUT2D eigenvalue weighted by molar-refractivity contribution is 1.14. The number of rotatable bonds is 4. The molecule has 0 fully saturated rings. The summed E-state index contributed by atoms with van der Waals surface area (Å²) in [4.78, 5) is 8.56. The largest absolute Gasteiger partial charge is 0.373 e. The molecule has 0 saturated heterocycles. The molecule has 2 aromatic rings. The lowest BCUT2D eigenvalue weighted by atomic mass is 10.3. The van der Waals surface area contributed by atoms with E-state index in [1.807, 2.05) is 43.4 Å². The second-order valence-corrected chi connectivity index (χ2v) is 3.45. The Kier molecular flexibility index (Phi) is 3.40. The summed E-state index contributed by atoms with van der Waals surface area (Å²) < 4.78 is 0. The Labute approximate surface area is 100 Å². The Bertz CT molecular complexity index is 461. The molecular weight excluding hydrogens is 214 g/mol. The molecule has 5 heteroatoms. The number of hydrogen-bond acceptors (Lipinski definition) is 5. The SMILES string of the molecule is CNc1cc(Nc2ccccc2)nc(NC)n1. The molecule has 1 aromatic carbocycles. The van der Waals surface area contributed by atoms with Gasteiger partial charge in [-0.05, 0) is 12.1 Å². The van der Waals surface area contributed by atoms with Gasteiger partial charge in [0.05, 0.1) is 0 Å². The van der Waals surface area contributed by atoms with Crippen LogP contribution in [0.5, 0.6) is 0 Å². The van der Waals surface area contributed by atoms with E-state index < -0.39 is 0 Å². The molecule has 0 aliphatic rings. The number of hydrogen-bond donors (Lipinski definition) is 3. The molecule has 0 aliphatic carbocycles. The Morgan fingerprint density at radius 2 is 1.59 bits per heavy atom. The highest BCUT2D eigenvalue weighted by atomic mass is 15.2. The minimum absolute atomic E-state index is 0.579. The number of nitrogens with one attached hydrogen (secondary N) is 3. The van der Waals surface area contributed by atoms with Crippen LogP contribution in [0.4, 0.5) is 23.3 Å². The van der Waals surface area contributed by atoms with Crippen LogP contribution in [0.2, 0.25) is 0 Å². The molecule has 3 N–H and O–H groups in total. The predicted octanol–water partition coefficient (Wildman–Crippen LogP) is 2.30. The highest BCUT2D eigenvalue weighted by Gasteiger charge is 2.02. The van der Waals surface area contributed by atoms with E-state index in [-0.39, 0.29) is 0 Å². The van der Waals surface area contributed by atoms with Crippen molar-refractivity contribution >= 4 is 23.3 Å². The molecular formula is C12H15N5. The van der Waals surface area contributed by atoms with E-state index in [0.717, 1.165) is 17.3 Å². The highest BCUT2D eigenvalue weighted by Crippen LogP contribution is 2.18. The van der Waals surface area contributed by atoms with Gasteiger partial charge in [0, 0.05) is 25.8 Å².